The van der Waals surface area contributed by atoms with Crippen LogP contribution >= 0.6 is 0 Å². The van der Waals surface area contributed by atoms with E-state index in [2.05, 4.69) is 15.0 Å². The summed E-state index contributed by atoms with van der Waals surface area (Å²) in [6.07, 6.45) is 1.49. The van der Waals surface area contributed by atoms with Crippen LogP contribution in [0.25, 0.3) is 11.0 Å². The number of carboxylic acid groups (broad SMARTS) is 1. The van der Waals surface area contributed by atoms with Crippen LogP contribution in [0.15, 0.2) is 12.3 Å². The van der Waals surface area contributed by atoms with Crippen molar-refractivity contribution in [3.63, 3.8) is 0 Å². The zero-order valence-corrected chi connectivity index (χ0v) is 7.61. The molecule has 5 heteroatoms. The molecule has 72 valence electrons. The molecule has 14 heavy (non-hydrogen) atoms. The molecule has 0 aliphatic heterocycles. The molecule has 0 fully saturated rings. The van der Waals surface area contributed by atoms with Crippen LogP contribution in [0.3, 0.4) is 0 Å². The van der Waals surface area contributed by atoms with Crippen LogP contribution in [0, 0.1) is 6.92 Å². The van der Waals surface area contributed by atoms with E-state index in [1.807, 2.05) is 6.92 Å². The number of nitrogens with one attached hydrogen (secondary N) is 1. The van der Waals surface area contributed by atoms with Gasteiger partial charge in [-0.3, -0.25) is 9.78 Å². The van der Waals surface area contributed by atoms with E-state index in [0.29, 0.717) is 11.2 Å². The van der Waals surface area contributed by atoms with Crippen molar-refractivity contribution in [2.75, 3.05) is 0 Å². The third-order valence-corrected chi connectivity index (χ3v) is 1.91. The highest BCUT2D eigenvalue weighted by molar-refractivity contribution is 5.81. The molecule has 2 heterocycles. The van der Waals surface area contributed by atoms with Gasteiger partial charge in [-0.15, -0.1) is 0 Å². The summed E-state index contributed by atoms with van der Waals surface area (Å²) < 4.78 is 0. The molecule has 0 saturated carbocycles. The monoisotopic (exact) mass is 191 g/mol. The minimum atomic E-state index is -0.898. The number of carboxylic acids is 1. The summed E-state index contributed by atoms with van der Waals surface area (Å²) >= 11 is 0. The van der Waals surface area contributed by atoms with E-state index < -0.39 is 5.97 Å². The van der Waals surface area contributed by atoms with Crippen molar-refractivity contribution >= 4 is 17.0 Å². The first-order valence-corrected chi connectivity index (χ1v) is 4.19. The molecule has 2 aromatic heterocycles. The molecule has 0 aliphatic carbocycles. The van der Waals surface area contributed by atoms with Crippen LogP contribution in [0.5, 0.6) is 0 Å². The number of hydrogen-bond acceptors (Lipinski definition) is 3. The van der Waals surface area contributed by atoms with Crippen molar-refractivity contribution in [3.05, 3.63) is 23.8 Å². The fourth-order valence-electron chi connectivity index (χ4n) is 1.39. The number of rotatable bonds is 2. The molecule has 0 amide bonds. The molecule has 2 N–H and O–H groups in total. The first kappa shape index (κ1) is 8.68. The quantitative estimate of drug-likeness (QED) is 0.738. The number of fused-ring (bicyclic) bond motifs is 1. The minimum Gasteiger partial charge on any atom is -0.481 e. The lowest BCUT2D eigenvalue weighted by Gasteiger charge is -1.95. The van der Waals surface area contributed by atoms with E-state index in [0.717, 1.165) is 11.3 Å². The number of aromatic amines is 1. The molecular formula is C9H9N3O2. The second kappa shape index (κ2) is 3.10. The molecular weight excluding hydrogens is 182 g/mol. The number of nitrogens with zero attached hydrogens (tertiary/aromatic N) is 2. The molecule has 2 rings (SSSR count). The fraction of sp³-hybridized carbons (Fsp3) is 0.222. The number of aliphatic carboxylic acids is 1. The van der Waals surface area contributed by atoms with E-state index >= 15 is 0 Å². The summed E-state index contributed by atoms with van der Waals surface area (Å²) in [5.41, 5.74) is 1.97. The topological polar surface area (TPSA) is 78.9 Å². The van der Waals surface area contributed by atoms with E-state index in [4.69, 9.17) is 5.11 Å². The Morgan fingerprint density at radius 1 is 1.64 bits per heavy atom. The Labute approximate surface area is 79.8 Å². The maximum Gasteiger partial charge on any atom is 0.309 e. The first-order valence-electron chi connectivity index (χ1n) is 4.19. The second-order valence-electron chi connectivity index (χ2n) is 3.05. The summed E-state index contributed by atoms with van der Waals surface area (Å²) in [7, 11) is 0. The number of carbonyl (C=O) groups is 1. The maximum atomic E-state index is 10.5. The molecule has 5 nitrogen and oxygen atoms in total. The van der Waals surface area contributed by atoms with Gasteiger partial charge in [-0.1, -0.05) is 0 Å². The molecule has 0 unspecified atom stereocenters. The Balaban J connectivity index is 2.58. The molecule has 0 radical (unpaired) electrons. The molecule has 0 bridgehead atoms. The Morgan fingerprint density at radius 3 is 3.14 bits per heavy atom. The van der Waals surface area contributed by atoms with Gasteiger partial charge >= 0.3 is 5.97 Å². The largest absolute Gasteiger partial charge is 0.481 e. The van der Waals surface area contributed by atoms with Crippen molar-refractivity contribution in [3.8, 4) is 0 Å². The van der Waals surface area contributed by atoms with Gasteiger partial charge in [-0.25, -0.2) is 4.98 Å². The number of pyridine rings is 1. The van der Waals surface area contributed by atoms with E-state index in [9.17, 15) is 4.79 Å². The normalized spacial score (nSPS) is 10.6. The van der Waals surface area contributed by atoms with Crippen molar-refractivity contribution in [2.45, 2.75) is 13.3 Å². The van der Waals surface area contributed by atoms with E-state index in [1.54, 1.807) is 12.3 Å². The Morgan fingerprint density at radius 2 is 2.43 bits per heavy atom. The highest BCUT2D eigenvalue weighted by Crippen LogP contribution is 2.14. The molecule has 0 atom stereocenters. The highest BCUT2D eigenvalue weighted by atomic mass is 16.4. The van der Waals surface area contributed by atoms with E-state index in [1.165, 1.54) is 0 Å². The molecule has 0 saturated heterocycles. The van der Waals surface area contributed by atoms with Crippen LogP contribution in [0.2, 0.25) is 0 Å². The third-order valence-electron chi connectivity index (χ3n) is 1.91. The molecule has 0 spiro atoms. The summed E-state index contributed by atoms with van der Waals surface area (Å²) in [5, 5.41) is 8.66. The number of hydrogen-bond donors (Lipinski definition) is 2. The van der Waals surface area contributed by atoms with Crippen LogP contribution in [-0.2, 0) is 11.2 Å². The number of aromatic nitrogens is 3. The van der Waals surface area contributed by atoms with Crippen LogP contribution < -0.4 is 0 Å². The SMILES string of the molecule is Cc1nc2c(CC(=O)O)nccc2[nH]1. The van der Waals surface area contributed by atoms with E-state index in [-0.39, 0.29) is 6.42 Å². The summed E-state index contributed by atoms with van der Waals surface area (Å²) in [6, 6.07) is 1.78. The van der Waals surface area contributed by atoms with Gasteiger partial charge in [0.2, 0.25) is 0 Å². The Bertz CT molecular complexity index is 490. The van der Waals surface area contributed by atoms with Crippen LogP contribution in [-0.4, -0.2) is 26.0 Å². The van der Waals surface area contributed by atoms with Crippen molar-refractivity contribution in [1.29, 1.82) is 0 Å². The predicted molar refractivity (Wildman–Crippen MR) is 50.0 cm³/mol. The molecule has 0 aliphatic rings. The maximum absolute atomic E-state index is 10.5. The Kier molecular flexibility index (Phi) is 1.92. The number of H-pyrrole nitrogens is 1. The zero-order chi connectivity index (χ0) is 10.1. The van der Waals surface area contributed by atoms with Gasteiger partial charge in [0.25, 0.3) is 0 Å². The van der Waals surface area contributed by atoms with Crippen molar-refractivity contribution < 1.29 is 9.90 Å². The summed E-state index contributed by atoms with van der Waals surface area (Å²) in [4.78, 5) is 21.8. The Hall–Kier alpha value is -1.91. The third kappa shape index (κ3) is 1.44. The van der Waals surface area contributed by atoms with Crippen LogP contribution in [0.4, 0.5) is 0 Å². The minimum absolute atomic E-state index is 0.0956. The van der Waals surface area contributed by atoms with Gasteiger partial charge in [0.15, 0.2) is 0 Å². The molecule has 2 aromatic rings. The standard InChI is InChI=1S/C9H9N3O2/c1-5-11-6-2-3-10-7(4-8(13)14)9(6)12-5/h2-3H,4H2,1H3,(H,11,12)(H,13,14). The predicted octanol–water partition coefficient (Wildman–Crippen LogP) is 0.893. The van der Waals surface area contributed by atoms with Gasteiger partial charge in [-0.05, 0) is 13.0 Å². The van der Waals surface area contributed by atoms with Gasteiger partial charge in [0, 0.05) is 6.20 Å². The zero-order valence-electron chi connectivity index (χ0n) is 7.61. The van der Waals surface area contributed by atoms with Crippen LogP contribution in [0.1, 0.15) is 11.5 Å². The van der Waals surface area contributed by atoms with Gasteiger partial charge < -0.3 is 10.1 Å². The summed E-state index contributed by atoms with van der Waals surface area (Å²) in [5.74, 6) is -0.134. The summed E-state index contributed by atoms with van der Waals surface area (Å²) in [6.45, 7) is 1.82. The van der Waals surface area contributed by atoms with Crippen molar-refractivity contribution in [2.24, 2.45) is 0 Å². The number of imidazole rings is 1. The first-order chi connectivity index (χ1) is 6.66. The lowest BCUT2D eigenvalue weighted by molar-refractivity contribution is -0.136. The van der Waals surface area contributed by atoms with Gasteiger partial charge in [-0.2, -0.15) is 0 Å². The average Bonchev–Trinajstić information content (AvgIpc) is 2.45. The fourth-order valence-corrected chi connectivity index (χ4v) is 1.39. The lowest BCUT2D eigenvalue weighted by atomic mass is 10.2. The van der Waals surface area contributed by atoms with Gasteiger partial charge in [0.05, 0.1) is 17.6 Å². The smallest absolute Gasteiger partial charge is 0.309 e. The highest BCUT2D eigenvalue weighted by Gasteiger charge is 2.09. The number of aryl methyl sites for hydroxylation is 1. The molecule has 0 aromatic carbocycles. The van der Waals surface area contributed by atoms with Crippen molar-refractivity contribution in [1.82, 2.24) is 15.0 Å². The average molecular weight is 191 g/mol. The second-order valence-corrected chi connectivity index (χ2v) is 3.05. The lowest BCUT2D eigenvalue weighted by Crippen LogP contribution is -2.02. The van der Waals surface area contributed by atoms with Gasteiger partial charge in [0.1, 0.15) is 11.3 Å².